The van der Waals surface area contributed by atoms with Crippen LogP contribution in [0.3, 0.4) is 0 Å². The zero-order valence-electron chi connectivity index (χ0n) is 10.5. The first kappa shape index (κ1) is 14.2. The van der Waals surface area contributed by atoms with E-state index in [9.17, 15) is 14.0 Å². The Morgan fingerprint density at radius 3 is 2.75 bits per heavy atom. The Morgan fingerprint density at radius 1 is 1.40 bits per heavy atom. The van der Waals surface area contributed by atoms with Crippen LogP contribution >= 0.6 is 0 Å². The molecule has 2 atom stereocenters. The first-order valence-electron chi connectivity index (χ1n) is 6.01. The van der Waals surface area contributed by atoms with Gasteiger partial charge >= 0.3 is 0 Å². The van der Waals surface area contributed by atoms with Gasteiger partial charge in [0.1, 0.15) is 17.4 Å². The van der Waals surface area contributed by atoms with Gasteiger partial charge in [-0.1, -0.05) is 6.07 Å². The number of oxazole rings is 1. The number of aliphatic hydroxyl groups excluding tert-OH is 1. The van der Waals surface area contributed by atoms with Crippen LogP contribution in [0.1, 0.15) is 29.6 Å². The Kier molecular flexibility index (Phi) is 4.43. The third-order valence-corrected chi connectivity index (χ3v) is 3.10. The van der Waals surface area contributed by atoms with Gasteiger partial charge in [0, 0.05) is 24.2 Å². The fourth-order valence-electron chi connectivity index (χ4n) is 2.15. The molecule has 0 fully saturated rings. The van der Waals surface area contributed by atoms with Crippen molar-refractivity contribution in [1.82, 2.24) is 4.98 Å². The van der Waals surface area contributed by atoms with Crippen molar-refractivity contribution in [2.45, 2.75) is 18.3 Å². The van der Waals surface area contributed by atoms with Crippen LogP contribution in [0.2, 0.25) is 0 Å². The van der Waals surface area contributed by atoms with Crippen molar-refractivity contribution in [3.8, 4) is 6.07 Å². The van der Waals surface area contributed by atoms with Crippen molar-refractivity contribution in [3.05, 3.63) is 53.7 Å². The molecular weight excluding hydrogens is 266 g/mol. The molecule has 0 aliphatic rings. The Bertz CT molecular complexity index is 608. The molecular formula is C14H12F2N2O2. The third kappa shape index (κ3) is 2.83. The Hall–Kier alpha value is -2.26. The number of nitrogens with zero attached hydrogens (tertiary/aromatic N) is 2. The number of halogens is 2. The predicted octanol–water partition coefficient (Wildman–Crippen LogP) is 2.73. The topological polar surface area (TPSA) is 70.0 Å². The van der Waals surface area contributed by atoms with Gasteiger partial charge in [-0.25, -0.2) is 13.8 Å². The fraction of sp³-hybridized carbons (Fsp3) is 0.286. The van der Waals surface area contributed by atoms with E-state index in [1.807, 2.05) is 6.07 Å². The zero-order chi connectivity index (χ0) is 14.5. The van der Waals surface area contributed by atoms with Crippen molar-refractivity contribution in [1.29, 1.82) is 5.26 Å². The lowest BCUT2D eigenvalue weighted by atomic mass is 9.83. The summed E-state index contributed by atoms with van der Waals surface area (Å²) in [6.45, 7) is -0.188. The maximum absolute atomic E-state index is 13.8. The normalized spacial score (nSPS) is 13.7. The maximum Gasteiger partial charge on any atom is 0.180 e. The van der Waals surface area contributed by atoms with Crippen molar-refractivity contribution < 1.29 is 18.3 Å². The van der Waals surface area contributed by atoms with E-state index in [1.165, 1.54) is 18.7 Å². The third-order valence-electron chi connectivity index (χ3n) is 3.10. The number of hydrogen-bond acceptors (Lipinski definition) is 4. The lowest BCUT2D eigenvalue weighted by molar-refractivity contribution is 0.262. The number of aliphatic hydroxyl groups is 1. The highest BCUT2D eigenvalue weighted by atomic mass is 19.1. The molecule has 4 nitrogen and oxygen atoms in total. The number of benzene rings is 1. The van der Waals surface area contributed by atoms with Crippen LogP contribution in [0.25, 0.3) is 0 Å². The van der Waals surface area contributed by atoms with Gasteiger partial charge < -0.3 is 9.52 Å². The Labute approximate surface area is 114 Å². The van der Waals surface area contributed by atoms with Crippen molar-refractivity contribution in [2.24, 2.45) is 0 Å². The highest BCUT2D eigenvalue weighted by Crippen LogP contribution is 2.36. The number of aromatic nitrogens is 1. The van der Waals surface area contributed by atoms with Crippen LogP contribution < -0.4 is 0 Å². The van der Waals surface area contributed by atoms with E-state index in [0.717, 1.165) is 12.1 Å². The molecule has 6 heteroatoms. The summed E-state index contributed by atoms with van der Waals surface area (Å²) < 4.78 is 31.9. The molecule has 0 saturated carbocycles. The number of rotatable bonds is 5. The van der Waals surface area contributed by atoms with Gasteiger partial charge in [-0.05, 0) is 12.5 Å². The zero-order valence-corrected chi connectivity index (χ0v) is 10.5. The lowest BCUT2D eigenvalue weighted by Crippen LogP contribution is -2.13. The van der Waals surface area contributed by atoms with Gasteiger partial charge in [-0.2, -0.15) is 5.26 Å². The molecule has 0 aliphatic heterocycles. The smallest absolute Gasteiger partial charge is 0.180 e. The molecule has 20 heavy (non-hydrogen) atoms. The van der Waals surface area contributed by atoms with E-state index in [1.54, 1.807) is 0 Å². The maximum atomic E-state index is 13.8. The molecule has 104 valence electrons. The van der Waals surface area contributed by atoms with Crippen LogP contribution in [0.4, 0.5) is 8.78 Å². The average molecular weight is 278 g/mol. The minimum absolute atomic E-state index is 0.0729. The standard InChI is InChI=1S/C14H12F2N2O2/c15-9-1-2-10(13(16)5-9)12(6-17)11(3-4-19)14-7-18-8-20-14/h1-2,5,7-8,11-12,19H,3-4H2/t11-,12+/m1/s1. The minimum atomic E-state index is -0.893. The van der Waals surface area contributed by atoms with E-state index in [-0.39, 0.29) is 18.6 Å². The average Bonchev–Trinajstić information content (AvgIpc) is 2.94. The van der Waals surface area contributed by atoms with Crippen molar-refractivity contribution >= 4 is 0 Å². The molecule has 1 N–H and O–H groups in total. The molecule has 2 aromatic rings. The summed E-state index contributed by atoms with van der Waals surface area (Å²) in [5, 5.41) is 18.4. The van der Waals surface area contributed by atoms with Crippen molar-refractivity contribution in [3.63, 3.8) is 0 Å². The van der Waals surface area contributed by atoms with Crippen LogP contribution in [0.15, 0.2) is 35.2 Å². The van der Waals surface area contributed by atoms with Crippen LogP contribution in [-0.2, 0) is 0 Å². The second kappa shape index (κ2) is 6.26. The summed E-state index contributed by atoms with van der Waals surface area (Å²) >= 11 is 0. The molecule has 0 saturated heterocycles. The second-order valence-electron chi connectivity index (χ2n) is 4.30. The molecule has 0 radical (unpaired) electrons. The molecule has 2 rings (SSSR count). The molecule has 1 heterocycles. The summed E-state index contributed by atoms with van der Waals surface area (Å²) in [5.74, 6) is -2.56. The Morgan fingerprint density at radius 2 is 2.20 bits per heavy atom. The first-order chi connectivity index (χ1) is 9.67. The molecule has 0 amide bonds. The highest BCUT2D eigenvalue weighted by Gasteiger charge is 2.29. The Balaban J connectivity index is 2.41. The summed E-state index contributed by atoms with van der Waals surface area (Å²) in [6.07, 6.45) is 2.84. The van der Waals surface area contributed by atoms with E-state index in [0.29, 0.717) is 5.76 Å². The largest absolute Gasteiger partial charge is 0.448 e. The van der Waals surface area contributed by atoms with Crippen LogP contribution in [0.5, 0.6) is 0 Å². The molecule has 0 aliphatic carbocycles. The molecule has 1 aromatic heterocycles. The van der Waals surface area contributed by atoms with E-state index < -0.39 is 23.5 Å². The molecule has 0 spiro atoms. The molecule has 0 unspecified atom stereocenters. The minimum Gasteiger partial charge on any atom is -0.448 e. The van der Waals surface area contributed by atoms with Gasteiger partial charge in [-0.3, -0.25) is 0 Å². The summed E-state index contributed by atoms with van der Waals surface area (Å²) in [5.41, 5.74) is 0.0729. The highest BCUT2D eigenvalue weighted by molar-refractivity contribution is 5.31. The van der Waals surface area contributed by atoms with Gasteiger partial charge in [0.15, 0.2) is 6.39 Å². The summed E-state index contributed by atoms with van der Waals surface area (Å²) in [7, 11) is 0. The molecule has 1 aromatic carbocycles. The monoisotopic (exact) mass is 278 g/mol. The number of nitriles is 1. The summed E-state index contributed by atoms with van der Waals surface area (Å²) in [6, 6.07) is 5.05. The van der Waals surface area contributed by atoms with E-state index in [4.69, 9.17) is 9.52 Å². The molecule has 0 bridgehead atoms. The lowest BCUT2D eigenvalue weighted by Gasteiger charge is -2.19. The van der Waals surface area contributed by atoms with Gasteiger partial charge in [-0.15, -0.1) is 0 Å². The summed E-state index contributed by atoms with van der Waals surface area (Å²) in [4.78, 5) is 3.76. The predicted molar refractivity (Wildman–Crippen MR) is 65.7 cm³/mol. The van der Waals surface area contributed by atoms with Gasteiger partial charge in [0.05, 0.1) is 18.2 Å². The fourth-order valence-corrected chi connectivity index (χ4v) is 2.15. The SMILES string of the molecule is N#C[C@@H](c1ccc(F)cc1F)[C@@H](CCO)c1cnco1. The van der Waals surface area contributed by atoms with Gasteiger partial charge in [0.2, 0.25) is 0 Å². The first-order valence-corrected chi connectivity index (χ1v) is 6.01. The quantitative estimate of drug-likeness (QED) is 0.912. The van der Waals surface area contributed by atoms with Crippen LogP contribution in [0, 0.1) is 23.0 Å². The van der Waals surface area contributed by atoms with E-state index >= 15 is 0 Å². The van der Waals surface area contributed by atoms with E-state index in [2.05, 4.69) is 4.98 Å². The van der Waals surface area contributed by atoms with Gasteiger partial charge in [0.25, 0.3) is 0 Å². The second-order valence-corrected chi connectivity index (χ2v) is 4.30. The van der Waals surface area contributed by atoms with Crippen LogP contribution in [-0.4, -0.2) is 16.7 Å². The number of hydrogen-bond donors (Lipinski definition) is 1. The van der Waals surface area contributed by atoms with Crippen molar-refractivity contribution in [2.75, 3.05) is 6.61 Å².